The van der Waals surface area contributed by atoms with Crippen LogP contribution in [0.5, 0.6) is 28.7 Å². The Kier molecular flexibility index (Phi) is 21.5. The first kappa shape index (κ1) is 66.4. The largest absolute Gasteiger partial charge is 0.514 e. The van der Waals surface area contributed by atoms with Gasteiger partial charge in [0.15, 0.2) is 0 Å². The van der Waals surface area contributed by atoms with Gasteiger partial charge in [-0.2, -0.15) is 0 Å². The summed E-state index contributed by atoms with van der Waals surface area (Å²) in [6, 6.07) is 32.8. The number of hydrogen-bond acceptors (Lipinski definition) is 9. The monoisotopic (exact) mass is 1180 g/mol. The standard InChI is InChI=1S/C23H34O2.C20H26O3.C18H24O3.C16H24O/c1-5-22(2,3)19-6-8-20(9-7-19)25-21(24-4)23-13-16-10-17(14-23)12-18(11-16)15-23;1-7-20(5,6)18(21)22-16-12-8-11-15-14(16)10-9-13-17(15)23-19(2,3)4;1-12-10-14-11-16(8-9-17(14)13(12)2)21-18(19)20-15-6-4-3-5-7-15;1-6-16(4,5)17-14-7-8-15-12(3)11(2)9-13(15)10-14/h6-9,16-18,21H,5,10-15H2,1-4H3;8-13H,7H2,1-6H3;8-9,11-13,15H,3-7,10H2,1-2H3;7-8,10-12H,6,9H2,1-5H3. The van der Waals surface area contributed by atoms with E-state index < -0.39 is 11.6 Å². The van der Waals surface area contributed by atoms with Crippen molar-refractivity contribution in [3.8, 4) is 28.7 Å². The molecular weight excluding hydrogens is 1070 g/mol. The summed E-state index contributed by atoms with van der Waals surface area (Å²) in [5.41, 5.74) is 6.69. The molecule has 5 atom stereocenters. The van der Waals surface area contributed by atoms with Crippen molar-refractivity contribution in [2.24, 2.45) is 40.4 Å². The van der Waals surface area contributed by atoms with Crippen molar-refractivity contribution in [3.63, 3.8) is 0 Å². The molecule has 5 saturated carbocycles. The summed E-state index contributed by atoms with van der Waals surface area (Å²) in [4.78, 5) is 24.2. The van der Waals surface area contributed by atoms with Gasteiger partial charge in [0.25, 0.3) is 0 Å². The van der Waals surface area contributed by atoms with E-state index in [0.29, 0.717) is 29.3 Å². The number of hydrogen-bond donors (Lipinski definition) is 0. The Labute approximate surface area is 518 Å². The maximum atomic E-state index is 12.4. The molecule has 0 N–H and O–H groups in total. The second kappa shape index (κ2) is 27.9. The molecule has 0 saturated heterocycles. The van der Waals surface area contributed by atoms with Crippen LogP contribution in [0.2, 0.25) is 0 Å². The summed E-state index contributed by atoms with van der Waals surface area (Å²) in [5, 5.41) is 1.83. The molecule has 0 heterocycles. The molecule has 4 bridgehead atoms. The predicted octanol–water partition coefficient (Wildman–Crippen LogP) is 20.7. The van der Waals surface area contributed by atoms with Gasteiger partial charge in [0.05, 0.1) is 5.41 Å². The molecule has 12 rings (SSSR count). The number of rotatable bonds is 15. The Balaban J connectivity index is 0.000000150. The first-order chi connectivity index (χ1) is 40.6. The van der Waals surface area contributed by atoms with E-state index in [-0.39, 0.29) is 40.4 Å². The van der Waals surface area contributed by atoms with E-state index in [2.05, 4.69) is 118 Å². The Morgan fingerprint density at radius 3 is 1.59 bits per heavy atom. The number of esters is 1. The average Bonchev–Trinajstić information content (AvgIpc) is 1.07. The Bertz CT molecular complexity index is 3010. The number of methoxy groups -OCH3 is 1. The van der Waals surface area contributed by atoms with Gasteiger partial charge >= 0.3 is 12.1 Å². The fraction of sp³-hybridized carbons (Fsp3) is 0.610. The van der Waals surface area contributed by atoms with E-state index in [0.717, 1.165) is 103 Å². The highest BCUT2D eigenvalue weighted by atomic mass is 16.7. The van der Waals surface area contributed by atoms with E-state index in [4.69, 9.17) is 33.2 Å². The third-order valence-corrected chi connectivity index (χ3v) is 20.7. The molecule has 5 aromatic rings. The lowest BCUT2D eigenvalue weighted by Gasteiger charge is -2.58. The van der Waals surface area contributed by atoms with E-state index in [1.807, 2.05) is 97.2 Å². The first-order valence-electron chi connectivity index (χ1n) is 33.2. The van der Waals surface area contributed by atoms with Crippen LogP contribution < -0.4 is 23.7 Å². The van der Waals surface area contributed by atoms with Crippen molar-refractivity contribution in [1.82, 2.24) is 0 Å². The van der Waals surface area contributed by atoms with E-state index in [1.54, 1.807) is 0 Å². The molecule has 9 nitrogen and oxygen atoms in total. The maximum absolute atomic E-state index is 12.4. The Morgan fingerprint density at radius 2 is 1.08 bits per heavy atom. The average molecular weight is 1180 g/mol. The lowest BCUT2D eigenvalue weighted by molar-refractivity contribution is -0.204. The number of ether oxygens (including phenoxy) is 7. The van der Waals surface area contributed by atoms with Crippen LogP contribution in [0.15, 0.2) is 97.1 Å². The fourth-order valence-electron chi connectivity index (χ4n) is 14.4. The molecule has 7 aliphatic rings. The van der Waals surface area contributed by atoms with Crippen LogP contribution in [0.1, 0.15) is 240 Å². The van der Waals surface area contributed by atoms with Crippen LogP contribution in [0.3, 0.4) is 0 Å². The van der Waals surface area contributed by atoms with Gasteiger partial charge in [-0.1, -0.05) is 117 Å². The number of benzene rings is 5. The molecule has 0 amide bonds. The SMILES string of the molecule is CC1Cc2cc(OC(=O)OC3CCCCC3)ccc2C1C.CCC(C)(C)C(=O)Oc1cccc2c(OC(C)(C)C)cccc12.CCC(C)(C)Oc1ccc2c(c1)CC(C)C2C.CCC(C)(C)c1ccc(OC(OC)C23CC4CC(CC(C4)C2)C3)cc1. The van der Waals surface area contributed by atoms with E-state index in [9.17, 15) is 9.59 Å². The zero-order valence-electron chi connectivity index (χ0n) is 55.9. The Hall–Kier alpha value is -5.54. The molecule has 0 aromatic heterocycles. The van der Waals surface area contributed by atoms with Gasteiger partial charge in [0, 0.05) is 23.3 Å². The summed E-state index contributed by atoms with van der Waals surface area (Å²) >= 11 is 0. The second-order valence-corrected chi connectivity index (χ2v) is 29.8. The molecular formula is C77H108O9. The van der Waals surface area contributed by atoms with Gasteiger partial charge in [-0.05, 0) is 268 Å². The highest BCUT2D eigenvalue weighted by molar-refractivity contribution is 5.95. The maximum Gasteiger partial charge on any atom is 0.514 e. The fourth-order valence-corrected chi connectivity index (χ4v) is 14.4. The lowest BCUT2D eigenvalue weighted by atomic mass is 9.49. The third-order valence-electron chi connectivity index (χ3n) is 20.7. The molecule has 0 aliphatic heterocycles. The van der Waals surface area contributed by atoms with Gasteiger partial charge in [-0.15, -0.1) is 0 Å². The summed E-state index contributed by atoms with van der Waals surface area (Å²) in [6.07, 6.45) is 18.3. The molecule has 0 spiro atoms. The predicted molar refractivity (Wildman–Crippen MR) is 350 cm³/mol. The molecule has 9 heteroatoms. The molecule has 7 aliphatic carbocycles. The zero-order chi connectivity index (χ0) is 62.4. The number of carbonyl (C=O) groups excluding carboxylic acids is 2. The zero-order valence-corrected chi connectivity index (χ0v) is 55.9. The molecule has 0 radical (unpaired) electrons. The van der Waals surface area contributed by atoms with Gasteiger partial charge in [0.1, 0.15) is 46.1 Å². The van der Waals surface area contributed by atoms with E-state index in [1.165, 1.54) is 79.2 Å². The molecule has 5 unspecified atom stereocenters. The molecule has 5 aromatic carbocycles. The third kappa shape index (κ3) is 16.6. The Morgan fingerprint density at radius 1 is 0.570 bits per heavy atom. The van der Waals surface area contributed by atoms with Gasteiger partial charge in [0.2, 0.25) is 6.29 Å². The van der Waals surface area contributed by atoms with Crippen LogP contribution in [0, 0.1) is 40.4 Å². The van der Waals surface area contributed by atoms with Gasteiger partial charge in [-0.3, -0.25) is 4.79 Å². The normalized spacial score (nSPS) is 24.3. The minimum absolute atomic E-state index is 0.0423. The topological polar surface area (TPSA) is 98.8 Å². The summed E-state index contributed by atoms with van der Waals surface area (Å²) in [6.45, 7) is 34.3. The molecule has 470 valence electrons. The van der Waals surface area contributed by atoms with E-state index >= 15 is 0 Å². The quantitative estimate of drug-likeness (QED) is 0.0439. The lowest BCUT2D eigenvalue weighted by Crippen LogP contribution is -2.53. The first-order valence-corrected chi connectivity index (χ1v) is 33.2. The van der Waals surface area contributed by atoms with Crippen LogP contribution in [0.25, 0.3) is 10.8 Å². The smallest absolute Gasteiger partial charge is 0.488 e. The highest BCUT2D eigenvalue weighted by Crippen LogP contribution is 2.62. The summed E-state index contributed by atoms with van der Waals surface area (Å²) in [7, 11) is 1.83. The highest BCUT2D eigenvalue weighted by Gasteiger charge is 2.56. The second-order valence-electron chi connectivity index (χ2n) is 29.8. The van der Waals surface area contributed by atoms with Gasteiger partial charge < -0.3 is 33.2 Å². The van der Waals surface area contributed by atoms with Crippen molar-refractivity contribution in [1.29, 1.82) is 0 Å². The van der Waals surface area contributed by atoms with Crippen molar-refractivity contribution >= 4 is 22.9 Å². The molecule has 86 heavy (non-hydrogen) atoms. The minimum Gasteiger partial charge on any atom is -0.488 e. The van der Waals surface area contributed by atoms with Crippen molar-refractivity contribution < 1.29 is 42.7 Å². The van der Waals surface area contributed by atoms with Gasteiger partial charge in [-0.25, -0.2) is 4.79 Å². The van der Waals surface area contributed by atoms with Crippen molar-refractivity contribution in [2.45, 2.75) is 254 Å². The summed E-state index contributed by atoms with van der Waals surface area (Å²) < 4.78 is 40.9. The number of carbonyl (C=O) groups is 2. The van der Waals surface area contributed by atoms with Crippen LogP contribution in [0.4, 0.5) is 4.79 Å². The van der Waals surface area contributed by atoms with Crippen LogP contribution in [-0.2, 0) is 32.5 Å². The van der Waals surface area contributed by atoms with Crippen LogP contribution in [-0.4, -0.2) is 42.8 Å². The van der Waals surface area contributed by atoms with Crippen LogP contribution >= 0.6 is 0 Å². The number of fused-ring (bicyclic) bond motifs is 3. The molecule has 5 fully saturated rings. The van der Waals surface area contributed by atoms with Crippen molar-refractivity contribution in [2.75, 3.05) is 7.11 Å². The van der Waals surface area contributed by atoms with Crippen molar-refractivity contribution in [3.05, 3.63) is 125 Å². The minimum atomic E-state index is -0.555. The summed E-state index contributed by atoms with van der Waals surface area (Å²) in [5.74, 6) is 9.20.